The maximum Gasteiger partial charge on any atom is 0.330 e. The molecule has 1 aliphatic rings. The molecule has 1 fully saturated rings. The molecule has 0 saturated carbocycles. The van der Waals surface area contributed by atoms with E-state index in [0.29, 0.717) is 19.5 Å². The predicted octanol–water partition coefficient (Wildman–Crippen LogP) is 0.982. The quantitative estimate of drug-likeness (QED) is 0.358. The summed E-state index contributed by atoms with van der Waals surface area (Å²) in [5.74, 6) is -0.919. The number of rotatable bonds is 10. The minimum absolute atomic E-state index is 0.0169. The zero-order valence-electron chi connectivity index (χ0n) is 15.1. The molecular weight excluding hydrogens is 354 g/mol. The zero-order valence-corrected chi connectivity index (χ0v) is 15.9. The fraction of sp³-hybridized carbons (Fsp3) is 0.500. The number of nitrogens with one attached hydrogen (secondary N) is 2. The van der Waals surface area contributed by atoms with Crippen molar-refractivity contribution in [3.63, 3.8) is 0 Å². The maximum atomic E-state index is 12.3. The lowest BCUT2D eigenvalue weighted by atomic mass is 10.0. The summed E-state index contributed by atoms with van der Waals surface area (Å²) < 4.78 is 7.04. The van der Waals surface area contributed by atoms with Gasteiger partial charge in [0.25, 0.3) is 0 Å². The molecule has 1 aliphatic heterocycles. The van der Waals surface area contributed by atoms with E-state index in [1.54, 1.807) is 18.9 Å². The van der Waals surface area contributed by atoms with Crippen LogP contribution in [-0.4, -0.2) is 54.9 Å². The van der Waals surface area contributed by atoms with Gasteiger partial charge in [-0.15, -0.1) is 0 Å². The third kappa shape index (κ3) is 5.74. The van der Waals surface area contributed by atoms with Gasteiger partial charge in [-0.25, -0.2) is 9.10 Å². The standard InChI is InChI=1S/C18H25N3O4S/c1-3-13-6-5-7-15(8-13)26-21-10-14(11-21)17(23)20-16(9-19-12-22)18(24)25-4-2/h5-8,12,14,16H,3-4,9-11H2,1-2H3,(H,19,22)(H,20,23). The summed E-state index contributed by atoms with van der Waals surface area (Å²) >= 11 is 1.63. The van der Waals surface area contributed by atoms with Crippen LogP contribution in [0.5, 0.6) is 0 Å². The normalized spacial score (nSPS) is 15.6. The van der Waals surface area contributed by atoms with Gasteiger partial charge in [0.15, 0.2) is 0 Å². The highest BCUT2D eigenvalue weighted by Crippen LogP contribution is 2.31. The lowest BCUT2D eigenvalue weighted by molar-refractivity contribution is -0.148. The molecule has 8 heteroatoms. The Hall–Kier alpha value is -2.06. The van der Waals surface area contributed by atoms with E-state index in [0.717, 1.165) is 11.3 Å². The van der Waals surface area contributed by atoms with Crippen molar-refractivity contribution in [3.05, 3.63) is 29.8 Å². The second-order valence-electron chi connectivity index (χ2n) is 5.98. The summed E-state index contributed by atoms with van der Waals surface area (Å²) in [6, 6.07) is 7.48. The Labute approximate surface area is 158 Å². The Kier molecular flexibility index (Phi) is 7.93. The molecule has 1 saturated heterocycles. The van der Waals surface area contributed by atoms with E-state index in [9.17, 15) is 14.4 Å². The second kappa shape index (κ2) is 10.2. The molecule has 1 aromatic carbocycles. The Morgan fingerprint density at radius 1 is 1.38 bits per heavy atom. The van der Waals surface area contributed by atoms with E-state index in [4.69, 9.17) is 4.74 Å². The van der Waals surface area contributed by atoms with Gasteiger partial charge in [-0.2, -0.15) is 0 Å². The number of benzene rings is 1. The largest absolute Gasteiger partial charge is 0.464 e. The number of nitrogens with zero attached hydrogens (tertiary/aromatic N) is 1. The summed E-state index contributed by atoms with van der Waals surface area (Å²) in [6.07, 6.45) is 1.48. The van der Waals surface area contributed by atoms with Gasteiger partial charge in [-0.05, 0) is 43.0 Å². The van der Waals surface area contributed by atoms with Crippen LogP contribution < -0.4 is 10.6 Å². The first-order valence-electron chi connectivity index (χ1n) is 8.73. The highest BCUT2D eigenvalue weighted by atomic mass is 32.2. The molecule has 2 N–H and O–H groups in total. The van der Waals surface area contributed by atoms with Crippen LogP contribution in [0.3, 0.4) is 0 Å². The van der Waals surface area contributed by atoms with Crippen molar-refractivity contribution in [2.45, 2.75) is 31.2 Å². The summed E-state index contributed by atoms with van der Waals surface area (Å²) in [7, 11) is 0. The molecule has 26 heavy (non-hydrogen) atoms. The molecule has 0 radical (unpaired) electrons. The van der Waals surface area contributed by atoms with E-state index in [-0.39, 0.29) is 25.0 Å². The average Bonchev–Trinajstić information content (AvgIpc) is 2.61. The molecule has 2 amide bonds. The third-order valence-electron chi connectivity index (χ3n) is 4.05. The number of hydrogen-bond donors (Lipinski definition) is 2. The molecule has 1 heterocycles. The van der Waals surface area contributed by atoms with Gasteiger partial charge in [-0.3, -0.25) is 9.59 Å². The number of hydrogen-bond acceptors (Lipinski definition) is 6. The molecular formula is C18H25N3O4S. The number of esters is 1. The maximum absolute atomic E-state index is 12.3. The molecule has 1 atom stereocenters. The molecule has 7 nitrogen and oxygen atoms in total. The van der Waals surface area contributed by atoms with Crippen LogP contribution in [-0.2, 0) is 25.5 Å². The predicted molar refractivity (Wildman–Crippen MR) is 99.4 cm³/mol. The molecule has 0 spiro atoms. The minimum atomic E-state index is -0.865. The van der Waals surface area contributed by atoms with Crippen LogP contribution in [0.25, 0.3) is 0 Å². The highest BCUT2D eigenvalue weighted by Gasteiger charge is 2.35. The van der Waals surface area contributed by atoms with E-state index in [1.165, 1.54) is 5.56 Å². The molecule has 0 aliphatic carbocycles. The van der Waals surface area contributed by atoms with E-state index < -0.39 is 12.0 Å². The van der Waals surface area contributed by atoms with E-state index in [1.807, 2.05) is 6.07 Å². The smallest absolute Gasteiger partial charge is 0.330 e. The highest BCUT2D eigenvalue weighted by molar-refractivity contribution is 7.97. The Morgan fingerprint density at radius 2 is 2.15 bits per heavy atom. The lowest BCUT2D eigenvalue weighted by Crippen LogP contribution is -2.56. The van der Waals surface area contributed by atoms with Gasteiger partial charge in [0, 0.05) is 24.5 Å². The van der Waals surface area contributed by atoms with Crippen LogP contribution in [0.2, 0.25) is 0 Å². The van der Waals surface area contributed by atoms with Crippen molar-refractivity contribution in [1.29, 1.82) is 0 Å². The number of aryl methyl sites for hydroxylation is 1. The topological polar surface area (TPSA) is 87.7 Å². The summed E-state index contributed by atoms with van der Waals surface area (Å²) in [5, 5.41) is 5.08. The van der Waals surface area contributed by atoms with Crippen molar-refractivity contribution in [2.75, 3.05) is 26.2 Å². The molecule has 142 valence electrons. The number of carbonyl (C=O) groups excluding carboxylic acids is 3. The van der Waals surface area contributed by atoms with E-state index in [2.05, 4.69) is 40.1 Å². The fourth-order valence-electron chi connectivity index (χ4n) is 2.54. The van der Waals surface area contributed by atoms with Crippen molar-refractivity contribution in [1.82, 2.24) is 14.9 Å². The van der Waals surface area contributed by atoms with Crippen LogP contribution in [0, 0.1) is 5.92 Å². The summed E-state index contributed by atoms with van der Waals surface area (Å²) in [5.41, 5.74) is 1.28. The molecule has 0 bridgehead atoms. The van der Waals surface area contributed by atoms with Gasteiger partial charge in [0.2, 0.25) is 12.3 Å². The second-order valence-corrected chi connectivity index (χ2v) is 7.15. The average molecular weight is 379 g/mol. The first-order chi connectivity index (χ1) is 12.6. The molecule has 1 unspecified atom stereocenters. The summed E-state index contributed by atoms with van der Waals surface area (Å²) in [4.78, 5) is 35.8. The van der Waals surface area contributed by atoms with E-state index >= 15 is 0 Å². The van der Waals surface area contributed by atoms with Gasteiger partial charge in [0.1, 0.15) is 6.04 Å². The SMILES string of the molecule is CCOC(=O)C(CNC=O)NC(=O)C1CN(Sc2cccc(CC)c2)C1. The van der Waals surface area contributed by atoms with Crippen molar-refractivity contribution in [3.8, 4) is 0 Å². The van der Waals surface area contributed by atoms with Crippen molar-refractivity contribution in [2.24, 2.45) is 5.92 Å². The molecule has 1 aromatic rings. The van der Waals surface area contributed by atoms with Crippen LogP contribution >= 0.6 is 11.9 Å². The van der Waals surface area contributed by atoms with Crippen LogP contribution in [0.1, 0.15) is 19.4 Å². The van der Waals surface area contributed by atoms with Crippen molar-refractivity contribution < 1.29 is 19.1 Å². The fourth-order valence-corrected chi connectivity index (χ4v) is 3.69. The minimum Gasteiger partial charge on any atom is -0.464 e. The Morgan fingerprint density at radius 3 is 2.81 bits per heavy atom. The Bertz CT molecular complexity index is 635. The first kappa shape index (κ1) is 20.3. The lowest BCUT2D eigenvalue weighted by Gasteiger charge is -2.37. The Balaban J connectivity index is 1.81. The van der Waals surface area contributed by atoms with Gasteiger partial charge in [-0.1, -0.05) is 19.1 Å². The van der Waals surface area contributed by atoms with Gasteiger partial charge < -0.3 is 15.4 Å². The molecule has 0 aromatic heterocycles. The first-order valence-corrected chi connectivity index (χ1v) is 9.50. The van der Waals surface area contributed by atoms with Crippen LogP contribution in [0.4, 0.5) is 0 Å². The number of carbonyl (C=O) groups is 3. The van der Waals surface area contributed by atoms with Crippen LogP contribution in [0.15, 0.2) is 29.2 Å². The zero-order chi connectivity index (χ0) is 18.9. The van der Waals surface area contributed by atoms with Crippen molar-refractivity contribution >= 4 is 30.2 Å². The monoisotopic (exact) mass is 379 g/mol. The number of ether oxygens (including phenoxy) is 1. The summed E-state index contributed by atoms with van der Waals surface area (Å²) in [6.45, 7) is 5.28. The number of amides is 2. The van der Waals surface area contributed by atoms with Gasteiger partial charge in [0.05, 0.1) is 12.5 Å². The third-order valence-corrected chi connectivity index (χ3v) is 5.07. The molecule has 2 rings (SSSR count). The van der Waals surface area contributed by atoms with Gasteiger partial charge >= 0.3 is 5.97 Å².